The second kappa shape index (κ2) is 13.2. The average molecular weight is 572 g/mol. The van der Waals surface area contributed by atoms with Gasteiger partial charge in [0.2, 0.25) is 5.91 Å². The van der Waals surface area contributed by atoms with Crippen molar-refractivity contribution in [2.45, 2.75) is 37.6 Å². The Morgan fingerprint density at radius 2 is 1.93 bits per heavy atom. The van der Waals surface area contributed by atoms with Gasteiger partial charge in [-0.15, -0.1) is 0 Å². The molecule has 220 valence electrons. The monoisotopic (exact) mass is 571 g/mol. The van der Waals surface area contributed by atoms with Crippen LogP contribution in [0.4, 0.5) is 13.2 Å². The van der Waals surface area contributed by atoms with Crippen molar-refractivity contribution in [1.82, 2.24) is 19.8 Å². The fourth-order valence-electron chi connectivity index (χ4n) is 5.80. The third-order valence-corrected chi connectivity index (χ3v) is 8.01. The van der Waals surface area contributed by atoms with Crippen molar-refractivity contribution >= 4 is 5.91 Å². The number of alkyl halides is 1. The van der Waals surface area contributed by atoms with E-state index in [4.69, 9.17) is 15.5 Å². The molecule has 8 nitrogen and oxygen atoms in total. The Balaban J connectivity index is 1.66. The number of ether oxygens (including phenoxy) is 1. The number of hydrogen-bond donors (Lipinski definition) is 3. The van der Waals surface area contributed by atoms with E-state index in [0.717, 1.165) is 23.8 Å². The van der Waals surface area contributed by atoms with E-state index in [0.29, 0.717) is 45.0 Å². The highest BCUT2D eigenvalue weighted by Gasteiger charge is 2.41. The number of hydrogen-bond acceptors (Lipinski definition) is 6. The smallest absolute Gasteiger partial charge is 0.242 e. The average Bonchev–Trinajstić information content (AvgIpc) is 3.59. The van der Waals surface area contributed by atoms with Gasteiger partial charge in [-0.1, -0.05) is 30.3 Å². The molecule has 2 aliphatic heterocycles. The maximum absolute atomic E-state index is 14.9. The molecule has 3 aromatic rings. The molecule has 0 bridgehead atoms. The van der Waals surface area contributed by atoms with Crippen molar-refractivity contribution in [3.05, 3.63) is 77.8 Å². The maximum Gasteiger partial charge on any atom is 0.242 e. The molecular weight excluding hydrogens is 535 g/mol. The zero-order valence-electron chi connectivity index (χ0n) is 22.8. The van der Waals surface area contributed by atoms with Crippen LogP contribution in [0.5, 0.6) is 0 Å². The molecule has 0 saturated carbocycles. The fourth-order valence-corrected chi connectivity index (χ4v) is 5.80. The molecule has 2 saturated heterocycles. The van der Waals surface area contributed by atoms with E-state index in [-0.39, 0.29) is 30.3 Å². The minimum Gasteiger partial charge on any atom is -0.394 e. The molecule has 11 heteroatoms. The van der Waals surface area contributed by atoms with Crippen LogP contribution in [0, 0.1) is 23.5 Å². The summed E-state index contributed by atoms with van der Waals surface area (Å²) < 4.78 is 51.5. The lowest BCUT2D eigenvalue weighted by Crippen LogP contribution is -2.52. The third-order valence-electron chi connectivity index (χ3n) is 8.01. The quantitative estimate of drug-likeness (QED) is 0.346. The van der Waals surface area contributed by atoms with Crippen molar-refractivity contribution in [3.63, 3.8) is 0 Å². The molecule has 41 heavy (non-hydrogen) atoms. The summed E-state index contributed by atoms with van der Waals surface area (Å²) in [5.41, 5.74) is 7.23. The molecule has 2 fully saturated rings. The Morgan fingerprint density at radius 1 is 1.17 bits per heavy atom. The number of nitrogens with one attached hydrogen (secondary N) is 1. The van der Waals surface area contributed by atoms with Crippen LogP contribution in [-0.2, 0) is 16.1 Å². The number of halogens is 3. The number of carbonyl (C=O) groups excluding carboxylic acids is 1. The Kier molecular flexibility index (Phi) is 9.39. The van der Waals surface area contributed by atoms with Crippen molar-refractivity contribution in [2.75, 3.05) is 39.5 Å². The molecule has 5 rings (SSSR count). The molecule has 0 spiro atoms. The summed E-state index contributed by atoms with van der Waals surface area (Å²) in [6, 6.07) is 10.9. The number of nitrogens with zero attached hydrogens (tertiary/aromatic N) is 3. The molecule has 0 radical (unpaired) electrons. The Morgan fingerprint density at radius 3 is 2.61 bits per heavy atom. The number of nitrogens with two attached hydrogens (primary N) is 1. The van der Waals surface area contributed by atoms with Gasteiger partial charge in [-0.2, -0.15) is 0 Å². The van der Waals surface area contributed by atoms with Crippen molar-refractivity contribution in [1.29, 1.82) is 0 Å². The van der Waals surface area contributed by atoms with Gasteiger partial charge in [-0.05, 0) is 42.5 Å². The lowest BCUT2D eigenvalue weighted by atomic mass is 9.88. The summed E-state index contributed by atoms with van der Waals surface area (Å²) in [7, 11) is 0. The Hall–Kier alpha value is -3.25. The molecule has 1 unspecified atom stereocenters. The van der Waals surface area contributed by atoms with Crippen LogP contribution in [0.2, 0.25) is 0 Å². The van der Waals surface area contributed by atoms with Crippen LogP contribution >= 0.6 is 0 Å². The summed E-state index contributed by atoms with van der Waals surface area (Å²) in [5, 5.41) is 12.8. The molecule has 0 aliphatic carbocycles. The van der Waals surface area contributed by atoms with Gasteiger partial charge in [0.05, 0.1) is 18.3 Å². The number of amides is 1. The molecule has 3 heterocycles. The van der Waals surface area contributed by atoms with E-state index in [1.54, 1.807) is 11.1 Å². The molecular formula is C30H36F3N5O3. The highest BCUT2D eigenvalue weighted by Crippen LogP contribution is 2.38. The van der Waals surface area contributed by atoms with Crippen LogP contribution in [0.25, 0.3) is 11.3 Å². The normalized spacial score (nSPS) is 21.1. The van der Waals surface area contributed by atoms with E-state index in [9.17, 15) is 23.1 Å². The Bertz CT molecular complexity index is 1320. The van der Waals surface area contributed by atoms with Gasteiger partial charge >= 0.3 is 0 Å². The maximum atomic E-state index is 14.9. The van der Waals surface area contributed by atoms with E-state index < -0.39 is 48.3 Å². The molecule has 1 aromatic heterocycles. The van der Waals surface area contributed by atoms with Gasteiger partial charge in [0.1, 0.15) is 29.7 Å². The summed E-state index contributed by atoms with van der Waals surface area (Å²) in [5.74, 6) is -1.90. The van der Waals surface area contributed by atoms with E-state index in [1.807, 2.05) is 34.9 Å². The number of aliphatic hydroxyl groups excluding tert-OH is 1. The Labute approximate surface area is 237 Å². The number of aliphatic hydroxyl groups is 1. The second-order valence-corrected chi connectivity index (χ2v) is 10.8. The predicted molar refractivity (Wildman–Crippen MR) is 147 cm³/mol. The first-order chi connectivity index (χ1) is 19.9. The first kappa shape index (κ1) is 29.2. The molecule has 4 N–H and O–H groups in total. The molecule has 2 aromatic carbocycles. The van der Waals surface area contributed by atoms with E-state index in [1.165, 1.54) is 0 Å². The number of imidazole rings is 1. The van der Waals surface area contributed by atoms with Crippen LogP contribution in [0.15, 0.2) is 54.7 Å². The van der Waals surface area contributed by atoms with Crippen LogP contribution in [0.3, 0.4) is 0 Å². The van der Waals surface area contributed by atoms with E-state index >= 15 is 0 Å². The largest absolute Gasteiger partial charge is 0.394 e. The standard InChI is InChI=1S/C30H36F3N5O3/c31-22-6-7-24(32)23(12-22)27-17-37(15-19-4-2-1-3-5-19)29(36-27)28(20-8-10-41-11-9-20)38(30(40)26(34)18-39)16-21-13-35-14-25(21)33/h1-7,12,17,20-21,25-26,28,35,39H,8-11,13-16,18,34H2/t21-,25-,26?,28+/m0/s1. The van der Waals surface area contributed by atoms with Gasteiger partial charge in [0.15, 0.2) is 0 Å². The van der Waals surface area contributed by atoms with Gasteiger partial charge in [0.25, 0.3) is 0 Å². The predicted octanol–water partition coefficient (Wildman–Crippen LogP) is 3.05. The first-order valence-electron chi connectivity index (χ1n) is 14.0. The van der Waals surface area contributed by atoms with Crippen LogP contribution in [-0.4, -0.2) is 77.1 Å². The SMILES string of the molecule is NC(CO)C(=O)N(C[C@@H]1CNC[C@@H]1F)[C@@H](c1nc(-c2cc(F)ccc2F)cn1Cc1ccccc1)C1CCOCC1. The lowest BCUT2D eigenvalue weighted by Gasteiger charge is -2.40. The van der Waals surface area contributed by atoms with Crippen molar-refractivity contribution < 1.29 is 27.8 Å². The number of benzene rings is 2. The van der Waals surface area contributed by atoms with Gasteiger partial charge in [0, 0.05) is 57.1 Å². The van der Waals surface area contributed by atoms with Crippen molar-refractivity contribution in [2.24, 2.45) is 17.6 Å². The summed E-state index contributed by atoms with van der Waals surface area (Å²) in [6.07, 6.45) is 1.71. The third kappa shape index (κ3) is 6.64. The van der Waals surface area contributed by atoms with Crippen LogP contribution in [0.1, 0.15) is 30.3 Å². The highest BCUT2D eigenvalue weighted by molar-refractivity contribution is 5.82. The fraction of sp³-hybridized carbons (Fsp3) is 0.467. The molecule has 2 aliphatic rings. The van der Waals surface area contributed by atoms with Crippen LogP contribution < -0.4 is 11.1 Å². The minimum absolute atomic E-state index is 0.00228. The van der Waals surface area contributed by atoms with Gasteiger partial charge in [-0.3, -0.25) is 4.79 Å². The van der Waals surface area contributed by atoms with Gasteiger partial charge in [-0.25, -0.2) is 18.2 Å². The number of rotatable bonds is 10. The number of carbonyl (C=O) groups is 1. The molecule has 1 amide bonds. The summed E-state index contributed by atoms with van der Waals surface area (Å²) in [4.78, 5) is 20.2. The first-order valence-corrected chi connectivity index (χ1v) is 14.0. The summed E-state index contributed by atoms with van der Waals surface area (Å²) in [6.45, 7) is 1.35. The number of aromatic nitrogens is 2. The second-order valence-electron chi connectivity index (χ2n) is 10.8. The molecule has 4 atom stereocenters. The summed E-state index contributed by atoms with van der Waals surface area (Å²) >= 11 is 0. The zero-order valence-corrected chi connectivity index (χ0v) is 22.8. The lowest BCUT2D eigenvalue weighted by molar-refractivity contribution is -0.139. The van der Waals surface area contributed by atoms with Gasteiger partial charge < -0.3 is 30.4 Å². The van der Waals surface area contributed by atoms with E-state index in [2.05, 4.69) is 5.32 Å². The van der Waals surface area contributed by atoms with Crippen molar-refractivity contribution in [3.8, 4) is 11.3 Å². The minimum atomic E-state index is -1.21. The zero-order chi connectivity index (χ0) is 28.9. The topological polar surface area (TPSA) is 106 Å². The highest BCUT2D eigenvalue weighted by atomic mass is 19.1.